The Hall–Kier alpha value is -1.80. The fraction of sp³-hybridized carbons (Fsp3) is 0.0833. The van der Waals surface area contributed by atoms with Gasteiger partial charge < -0.3 is 4.42 Å². The molecule has 0 aliphatic carbocycles. The monoisotopic (exact) mass is 251 g/mol. The van der Waals surface area contributed by atoms with E-state index in [1.165, 1.54) is 6.26 Å². The standard InChI is InChI=1S/C12H7F2NOS/c1-7-11(2-3-16-7)17-12-9(13)4-8(6-15)5-10(12)14/h2-5H,1H3. The summed E-state index contributed by atoms with van der Waals surface area (Å²) in [6.45, 7) is 1.71. The molecule has 2 nitrogen and oxygen atoms in total. The lowest BCUT2D eigenvalue weighted by atomic mass is 10.2. The summed E-state index contributed by atoms with van der Waals surface area (Å²) >= 11 is 0.940. The highest BCUT2D eigenvalue weighted by molar-refractivity contribution is 7.99. The minimum absolute atomic E-state index is 0.0340. The number of furan rings is 1. The molecule has 0 aliphatic heterocycles. The molecule has 0 amide bonds. The Morgan fingerprint density at radius 1 is 1.29 bits per heavy atom. The van der Waals surface area contributed by atoms with E-state index in [9.17, 15) is 8.78 Å². The number of nitrogens with zero attached hydrogens (tertiary/aromatic N) is 1. The van der Waals surface area contributed by atoms with Crippen molar-refractivity contribution < 1.29 is 13.2 Å². The molecular formula is C12H7F2NOS. The largest absolute Gasteiger partial charge is 0.468 e. The van der Waals surface area contributed by atoms with Gasteiger partial charge in [-0.3, -0.25) is 0 Å². The van der Waals surface area contributed by atoms with E-state index < -0.39 is 11.6 Å². The van der Waals surface area contributed by atoms with Crippen LogP contribution in [0.5, 0.6) is 0 Å². The first-order valence-corrected chi connectivity index (χ1v) is 5.54. The molecule has 5 heteroatoms. The quantitative estimate of drug-likeness (QED) is 0.812. The van der Waals surface area contributed by atoms with E-state index in [4.69, 9.17) is 9.68 Å². The Kier molecular flexibility index (Phi) is 3.16. The van der Waals surface area contributed by atoms with E-state index in [1.807, 2.05) is 0 Å². The molecule has 0 saturated heterocycles. The van der Waals surface area contributed by atoms with Crippen LogP contribution in [-0.4, -0.2) is 0 Å². The summed E-state index contributed by atoms with van der Waals surface area (Å²) in [7, 11) is 0. The number of halogens is 2. The van der Waals surface area contributed by atoms with Gasteiger partial charge in [0.25, 0.3) is 0 Å². The van der Waals surface area contributed by atoms with Crippen LogP contribution < -0.4 is 0 Å². The highest BCUT2D eigenvalue weighted by atomic mass is 32.2. The van der Waals surface area contributed by atoms with Crippen LogP contribution in [0.1, 0.15) is 11.3 Å². The van der Waals surface area contributed by atoms with Crippen molar-refractivity contribution in [3.63, 3.8) is 0 Å². The van der Waals surface area contributed by atoms with E-state index in [2.05, 4.69) is 0 Å². The zero-order valence-electron chi connectivity index (χ0n) is 8.83. The van der Waals surface area contributed by atoms with Gasteiger partial charge in [0.15, 0.2) is 0 Å². The van der Waals surface area contributed by atoms with Gasteiger partial charge in [0.05, 0.1) is 27.7 Å². The molecule has 2 aromatic rings. The fourth-order valence-electron chi connectivity index (χ4n) is 1.31. The van der Waals surface area contributed by atoms with Crippen molar-refractivity contribution in [2.75, 3.05) is 0 Å². The van der Waals surface area contributed by atoms with Crippen molar-refractivity contribution in [3.05, 3.63) is 47.4 Å². The van der Waals surface area contributed by atoms with E-state index in [-0.39, 0.29) is 10.5 Å². The van der Waals surface area contributed by atoms with Crippen molar-refractivity contribution in [1.82, 2.24) is 0 Å². The van der Waals surface area contributed by atoms with Crippen LogP contribution in [0.2, 0.25) is 0 Å². The molecule has 1 aromatic carbocycles. The lowest BCUT2D eigenvalue weighted by Crippen LogP contribution is -1.90. The van der Waals surface area contributed by atoms with Crippen LogP contribution in [-0.2, 0) is 0 Å². The molecular weight excluding hydrogens is 244 g/mol. The van der Waals surface area contributed by atoms with Gasteiger partial charge in [0.2, 0.25) is 0 Å². The zero-order valence-corrected chi connectivity index (χ0v) is 9.65. The Morgan fingerprint density at radius 3 is 2.41 bits per heavy atom. The van der Waals surface area contributed by atoms with Gasteiger partial charge in [-0.15, -0.1) is 0 Å². The van der Waals surface area contributed by atoms with Crippen LogP contribution in [0.3, 0.4) is 0 Å². The van der Waals surface area contributed by atoms with Crippen LogP contribution in [0.15, 0.2) is 38.7 Å². The number of benzene rings is 1. The van der Waals surface area contributed by atoms with Crippen LogP contribution in [0.25, 0.3) is 0 Å². The van der Waals surface area contributed by atoms with Crippen LogP contribution in [0, 0.1) is 29.9 Å². The second-order valence-electron chi connectivity index (χ2n) is 3.32. The molecule has 0 unspecified atom stereocenters. The molecule has 0 fully saturated rings. The van der Waals surface area contributed by atoms with E-state index >= 15 is 0 Å². The molecule has 17 heavy (non-hydrogen) atoms. The summed E-state index contributed by atoms with van der Waals surface area (Å²) in [4.78, 5) is 0.515. The maximum atomic E-state index is 13.6. The number of rotatable bonds is 2. The second kappa shape index (κ2) is 4.60. The van der Waals surface area contributed by atoms with Crippen LogP contribution in [0.4, 0.5) is 8.78 Å². The van der Waals surface area contributed by atoms with Crippen LogP contribution >= 0.6 is 11.8 Å². The molecule has 2 rings (SSSR count). The summed E-state index contributed by atoms with van der Waals surface area (Å²) in [5.41, 5.74) is -0.0340. The zero-order chi connectivity index (χ0) is 12.4. The van der Waals surface area contributed by atoms with Gasteiger partial charge >= 0.3 is 0 Å². The van der Waals surface area contributed by atoms with Crippen molar-refractivity contribution in [2.45, 2.75) is 16.7 Å². The third-order valence-electron chi connectivity index (χ3n) is 2.15. The van der Waals surface area contributed by atoms with E-state index in [0.29, 0.717) is 10.7 Å². The first kappa shape index (κ1) is 11.7. The fourth-order valence-corrected chi connectivity index (χ4v) is 2.16. The molecule has 0 bridgehead atoms. The van der Waals surface area contributed by atoms with Gasteiger partial charge in [-0.05, 0) is 25.1 Å². The molecule has 1 heterocycles. The minimum Gasteiger partial charge on any atom is -0.468 e. The Labute approximate surface area is 101 Å². The Balaban J connectivity index is 2.41. The number of nitriles is 1. The summed E-state index contributed by atoms with van der Waals surface area (Å²) in [5.74, 6) is -0.891. The minimum atomic E-state index is -0.743. The lowest BCUT2D eigenvalue weighted by Gasteiger charge is -2.04. The first-order chi connectivity index (χ1) is 8.11. The normalized spacial score (nSPS) is 10.2. The molecule has 0 saturated carbocycles. The summed E-state index contributed by atoms with van der Waals surface area (Å²) < 4.78 is 32.2. The predicted molar refractivity (Wildman–Crippen MR) is 58.6 cm³/mol. The highest BCUT2D eigenvalue weighted by Crippen LogP contribution is 2.34. The predicted octanol–water partition coefficient (Wildman–Crippen LogP) is 3.89. The Morgan fingerprint density at radius 2 is 1.94 bits per heavy atom. The van der Waals surface area contributed by atoms with Crippen molar-refractivity contribution in [2.24, 2.45) is 0 Å². The topological polar surface area (TPSA) is 36.9 Å². The van der Waals surface area contributed by atoms with Crippen molar-refractivity contribution >= 4 is 11.8 Å². The lowest BCUT2D eigenvalue weighted by molar-refractivity contribution is 0.526. The summed E-state index contributed by atoms with van der Waals surface area (Å²) in [6, 6.07) is 5.36. The third-order valence-corrected chi connectivity index (χ3v) is 3.39. The number of hydrogen-bond donors (Lipinski definition) is 0. The molecule has 0 spiro atoms. The van der Waals surface area contributed by atoms with Crippen molar-refractivity contribution in [1.29, 1.82) is 5.26 Å². The third kappa shape index (κ3) is 2.32. The Bertz CT molecular complexity index is 578. The molecule has 86 valence electrons. The molecule has 0 N–H and O–H groups in total. The first-order valence-electron chi connectivity index (χ1n) is 4.73. The molecule has 0 aliphatic rings. The smallest absolute Gasteiger partial charge is 0.141 e. The highest BCUT2D eigenvalue weighted by Gasteiger charge is 2.14. The van der Waals surface area contributed by atoms with Gasteiger partial charge in [-0.25, -0.2) is 8.78 Å². The molecule has 1 aromatic heterocycles. The van der Waals surface area contributed by atoms with Gasteiger partial charge in [-0.1, -0.05) is 11.8 Å². The molecule has 0 atom stereocenters. The number of hydrogen-bond acceptors (Lipinski definition) is 3. The maximum Gasteiger partial charge on any atom is 0.141 e. The average Bonchev–Trinajstić information content (AvgIpc) is 2.69. The van der Waals surface area contributed by atoms with Gasteiger partial charge in [0.1, 0.15) is 17.4 Å². The second-order valence-corrected chi connectivity index (χ2v) is 4.38. The average molecular weight is 251 g/mol. The number of aryl methyl sites for hydroxylation is 1. The van der Waals surface area contributed by atoms with Gasteiger partial charge in [0, 0.05) is 0 Å². The van der Waals surface area contributed by atoms with E-state index in [1.54, 1.807) is 19.1 Å². The van der Waals surface area contributed by atoms with Crippen molar-refractivity contribution in [3.8, 4) is 6.07 Å². The maximum absolute atomic E-state index is 13.6. The van der Waals surface area contributed by atoms with E-state index in [0.717, 1.165) is 23.9 Å². The summed E-state index contributed by atoms with van der Waals surface area (Å²) in [5, 5.41) is 8.57. The summed E-state index contributed by atoms with van der Waals surface area (Å²) in [6.07, 6.45) is 1.46. The van der Waals surface area contributed by atoms with Gasteiger partial charge in [-0.2, -0.15) is 5.26 Å². The SMILES string of the molecule is Cc1occc1Sc1c(F)cc(C#N)cc1F. The molecule has 0 radical (unpaired) electrons.